The molecule has 31 heavy (non-hydrogen) atoms. The molecule has 0 aromatic carbocycles. The lowest BCUT2D eigenvalue weighted by Crippen LogP contribution is -2.63. The van der Waals surface area contributed by atoms with E-state index >= 15 is 0 Å². The lowest BCUT2D eigenvalue weighted by Gasteiger charge is -2.44. The molecular formula is C18H23NO12. The molecule has 0 aromatic rings. The Labute approximate surface area is 176 Å². The highest BCUT2D eigenvalue weighted by Gasteiger charge is 2.54. The summed E-state index contributed by atoms with van der Waals surface area (Å²) in [6.07, 6.45) is -7.42. The van der Waals surface area contributed by atoms with Gasteiger partial charge in [-0.3, -0.25) is 28.8 Å². The number of rotatable bonds is 7. The van der Waals surface area contributed by atoms with Crippen LogP contribution in [0.15, 0.2) is 0 Å². The summed E-state index contributed by atoms with van der Waals surface area (Å²) in [6, 6.07) is 0. The fraction of sp³-hybridized carbons (Fsp3) is 0.667. The first-order valence-corrected chi connectivity index (χ1v) is 9.32. The van der Waals surface area contributed by atoms with Crippen molar-refractivity contribution in [1.82, 2.24) is 5.06 Å². The number of hydrogen-bond acceptors (Lipinski definition) is 12. The Balaban J connectivity index is 2.42. The van der Waals surface area contributed by atoms with E-state index in [9.17, 15) is 28.8 Å². The molecule has 2 rings (SSSR count). The van der Waals surface area contributed by atoms with Gasteiger partial charge in [-0.05, 0) is 0 Å². The van der Waals surface area contributed by atoms with E-state index in [0.29, 0.717) is 5.06 Å². The summed E-state index contributed by atoms with van der Waals surface area (Å²) in [5, 5.41) is 0.459. The highest BCUT2D eigenvalue weighted by atomic mass is 16.8. The van der Waals surface area contributed by atoms with Crippen LogP contribution in [0, 0.1) is 0 Å². The number of amides is 2. The topological polar surface area (TPSA) is 161 Å². The Morgan fingerprint density at radius 1 is 0.806 bits per heavy atom. The molecule has 2 heterocycles. The minimum Gasteiger partial charge on any atom is -0.463 e. The SMILES string of the molecule is CC(=O)OCC1O[C@@H](ON2C(=O)CCC2=O)C(OC(C)=O)[C@H](OC(C)=O)[C@H]1OC(C)=O. The molecule has 0 radical (unpaired) electrons. The van der Waals surface area contributed by atoms with Crippen molar-refractivity contribution in [1.29, 1.82) is 0 Å². The Kier molecular flexibility index (Phi) is 8.05. The second kappa shape index (κ2) is 10.3. The van der Waals surface area contributed by atoms with Crippen LogP contribution in [-0.4, -0.2) is 78.1 Å². The average Bonchev–Trinajstić information content (AvgIpc) is 2.95. The van der Waals surface area contributed by atoms with Crippen LogP contribution in [0.1, 0.15) is 40.5 Å². The Hall–Kier alpha value is -3.06. The third-order valence-electron chi connectivity index (χ3n) is 4.16. The van der Waals surface area contributed by atoms with Crippen molar-refractivity contribution in [3.8, 4) is 0 Å². The summed E-state index contributed by atoms with van der Waals surface area (Å²) < 4.78 is 26.1. The predicted octanol–water partition coefficient (Wildman–Crippen LogP) is -0.850. The third-order valence-corrected chi connectivity index (χ3v) is 4.16. The minimum absolute atomic E-state index is 0.0931. The smallest absolute Gasteiger partial charge is 0.303 e. The van der Waals surface area contributed by atoms with Gasteiger partial charge in [-0.1, -0.05) is 0 Å². The van der Waals surface area contributed by atoms with Crippen LogP contribution in [-0.2, 0) is 57.3 Å². The largest absolute Gasteiger partial charge is 0.463 e. The molecule has 172 valence electrons. The molecule has 0 spiro atoms. The Morgan fingerprint density at radius 2 is 1.29 bits per heavy atom. The van der Waals surface area contributed by atoms with Crippen LogP contribution in [0.25, 0.3) is 0 Å². The summed E-state index contributed by atoms with van der Waals surface area (Å²) in [7, 11) is 0. The van der Waals surface area contributed by atoms with Gasteiger partial charge in [0.2, 0.25) is 6.29 Å². The van der Waals surface area contributed by atoms with Crippen LogP contribution >= 0.6 is 0 Å². The summed E-state index contributed by atoms with van der Waals surface area (Å²) in [4.78, 5) is 75.5. The van der Waals surface area contributed by atoms with Gasteiger partial charge in [0, 0.05) is 40.5 Å². The number of nitrogens with zero attached hydrogens (tertiary/aromatic N) is 1. The van der Waals surface area contributed by atoms with Gasteiger partial charge in [0.25, 0.3) is 11.8 Å². The molecule has 0 aromatic heterocycles. The van der Waals surface area contributed by atoms with E-state index in [1.807, 2.05) is 0 Å². The summed E-state index contributed by atoms with van der Waals surface area (Å²) in [5.74, 6) is -4.43. The molecule has 5 atom stereocenters. The van der Waals surface area contributed by atoms with Gasteiger partial charge in [-0.15, -0.1) is 0 Å². The molecule has 0 bridgehead atoms. The maximum Gasteiger partial charge on any atom is 0.303 e. The second-order valence-electron chi connectivity index (χ2n) is 6.75. The zero-order chi connectivity index (χ0) is 23.3. The number of hydroxylamine groups is 2. The molecule has 13 heteroatoms. The molecule has 13 nitrogen and oxygen atoms in total. The van der Waals surface area contributed by atoms with Gasteiger partial charge in [0.05, 0.1) is 0 Å². The molecule has 2 aliphatic rings. The van der Waals surface area contributed by atoms with E-state index < -0.39 is 73.0 Å². The van der Waals surface area contributed by atoms with Gasteiger partial charge in [-0.25, -0.2) is 4.84 Å². The van der Waals surface area contributed by atoms with E-state index in [2.05, 4.69) is 0 Å². The van der Waals surface area contributed by atoms with E-state index in [1.54, 1.807) is 0 Å². The number of carbonyl (C=O) groups is 6. The van der Waals surface area contributed by atoms with Crippen LogP contribution in [0.5, 0.6) is 0 Å². The van der Waals surface area contributed by atoms with E-state index in [0.717, 1.165) is 27.7 Å². The first kappa shape index (κ1) is 24.2. The highest BCUT2D eigenvalue weighted by Crippen LogP contribution is 2.31. The molecular weight excluding hydrogens is 422 g/mol. The minimum atomic E-state index is -1.63. The third kappa shape index (κ3) is 6.46. The van der Waals surface area contributed by atoms with Gasteiger partial charge in [-0.2, -0.15) is 5.06 Å². The fourth-order valence-electron chi connectivity index (χ4n) is 3.05. The van der Waals surface area contributed by atoms with Crippen molar-refractivity contribution in [3.63, 3.8) is 0 Å². The zero-order valence-electron chi connectivity index (χ0n) is 17.4. The second-order valence-corrected chi connectivity index (χ2v) is 6.75. The van der Waals surface area contributed by atoms with Crippen LogP contribution < -0.4 is 0 Å². The number of esters is 4. The molecule has 0 aliphatic carbocycles. The van der Waals surface area contributed by atoms with Gasteiger partial charge in [0.15, 0.2) is 18.3 Å². The first-order valence-electron chi connectivity index (χ1n) is 9.32. The molecule has 0 N–H and O–H groups in total. The maximum atomic E-state index is 11.9. The number of hydrogen-bond donors (Lipinski definition) is 0. The monoisotopic (exact) mass is 445 g/mol. The number of imide groups is 1. The van der Waals surface area contributed by atoms with Crippen molar-refractivity contribution in [3.05, 3.63) is 0 Å². The molecule has 0 saturated carbocycles. The molecule has 2 unspecified atom stereocenters. The van der Waals surface area contributed by atoms with Crippen molar-refractivity contribution < 1.29 is 57.3 Å². The maximum absolute atomic E-state index is 11.9. The van der Waals surface area contributed by atoms with Crippen LogP contribution in [0.2, 0.25) is 0 Å². The van der Waals surface area contributed by atoms with Crippen molar-refractivity contribution in [2.24, 2.45) is 0 Å². The van der Waals surface area contributed by atoms with Gasteiger partial charge in [0.1, 0.15) is 12.7 Å². The normalized spacial score (nSPS) is 28.1. The average molecular weight is 445 g/mol. The van der Waals surface area contributed by atoms with Crippen molar-refractivity contribution >= 4 is 35.7 Å². The molecule has 2 fully saturated rings. The van der Waals surface area contributed by atoms with Gasteiger partial charge < -0.3 is 23.7 Å². The Bertz CT molecular complexity index is 749. The van der Waals surface area contributed by atoms with Crippen molar-refractivity contribution in [2.75, 3.05) is 6.61 Å². The summed E-state index contributed by atoms with van der Waals surface area (Å²) in [5.41, 5.74) is 0. The van der Waals surface area contributed by atoms with E-state index in [4.69, 9.17) is 28.5 Å². The highest BCUT2D eigenvalue weighted by molar-refractivity contribution is 6.00. The van der Waals surface area contributed by atoms with Crippen LogP contribution in [0.3, 0.4) is 0 Å². The molecule has 2 aliphatic heterocycles. The van der Waals surface area contributed by atoms with E-state index in [-0.39, 0.29) is 12.8 Å². The zero-order valence-corrected chi connectivity index (χ0v) is 17.4. The standard InChI is InChI=1S/C18H23NO12/c1-8(20)26-7-12-15(27-9(2)21)16(28-10(3)22)17(29-11(4)23)18(30-12)31-19-13(24)5-6-14(19)25/h12,15-18H,5-7H2,1-4H3/t12?,15-,16+,17?,18-/m0/s1. The number of ether oxygens (including phenoxy) is 5. The lowest BCUT2D eigenvalue weighted by molar-refractivity contribution is -0.346. The molecule has 2 amide bonds. The predicted molar refractivity (Wildman–Crippen MR) is 94.1 cm³/mol. The van der Waals surface area contributed by atoms with Crippen molar-refractivity contribution in [2.45, 2.75) is 71.2 Å². The quantitative estimate of drug-likeness (QED) is 0.271. The van der Waals surface area contributed by atoms with Gasteiger partial charge >= 0.3 is 23.9 Å². The van der Waals surface area contributed by atoms with Crippen LogP contribution in [0.4, 0.5) is 0 Å². The summed E-state index contributed by atoms with van der Waals surface area (Å²) in [6.45, 7) is 3.87. The Morgan fingerprint density at radius 3 is 1.77 bits per heavy atom. The number of carbonyl (C=O) groups excluding carboxylic acids is 6. The lowest BCUT2D eigenvalue weighted by atomic mass is 9.98. The van der Waals surface area contributed by atoms with E-state index in [1.165, 1.54) is 0 Å². The first-order chi connectivity index (χ1) is 14.5. The fourth-order valence-corrected chi connectivity index (χ4v) is 3.05. The molecule has 2 saturated heterocycles. The summed E-state index contributed by atoms with van der Waals surface area (Å²) >= 11 is 0.